The summed E-state index contributed by atoms with van der Waals surface area (Å²) in [6.45, 7) is 2.82. The van der Waals surface area contributed by atoms with E-state index in [4.69, 9.17) is 5.73 Å². The molecule has 0 aliphatic carbocycles. The first kappa shape index (κ1) is 14.1. The molecule has 2 atom stereocenters. The van der Waals surface area contributed by atoms with Gasteiger partial charge < -0.3 is 10.6 Å². The lowest BCUT2D eigenvalue weighted by Gasteiger charge is -2.41. The van der Waals surface area contributed by atoms with Gasteiger partial charge in [-0.1, -0.05) is 30.3 Å². The summed E-state index contributed by atoms with van der Waals surface area (Å²) >= 11 is 0. The largest absolute Gasteiger partial charge is 0.329 e. The predicted octanol–water partition coefficient (Wildman–Crippen LogP) is 2.07. The summed E-state index contributed by atoms with van der Waals surface area (Å²) in [5.41, 5.74) is 7.26. The Labute approximate surface area is 122 Å². The van der Waals surface area contributed by atoms with E-state index in [2.05, 4.69) is 47.2 Å². The van der Waals surface area contributed by atoms with Gasteiger partial charge in [0.2, 0.25) is 0 Å². The normalized spacial score (nSPS) is 30.1. The fraction of sp³-hybridized carbons (Fsp3) is 0.647. The molecule has 110 valence electrons. The summed E-state index contributed by atoms with van der Waals surface area (Å²) < 4.78 is 0. The molecule has 0 radical (unpaired) electrons. The second-order valence-corrected chi connectivity index (χ2v) is 6.42. The summed E-state index contributed by atoms with van der Waals surface area (Å²) in [6.07, 6.45) is 5.42. The summed E-state index contributed by atoms with van der Waals surface area (Å²) in [5, 5.41) is 0. The van der Waals surface area contributed by atoms with Gasteiger partial charge in [0, 0.05) is 37.8 Å². The van der Waals surface area contributed by atoms with Gasteiger partial charge in [0.05, 0.1) is 0 Å². The van der Waals surface area contributed by atoms with Crippen molar-refractivity contribution in [1.82, 2.24) is 9.80 Å². The molecule has 2 unspecified atom stereocenters. The third-order valence-electron chi connectivity index (χ3n) is 5.23. The Morgan fingerprint density at radius 2 is 1.80 bits per heavy atom. The fourth-order valence-electron chi connectivity index (χ4n) is 4.06. The Kier molecular flexibility index (Phi) is 4.39. The van der Waals surface area contributed by atoms with E-state index in [-0.39, 0.29) is 0 Å². The smallest absolute Gasteiger partial charge is 0.0237 e. The Morgan fingerprint density at radius 1 is 1.15 bits per heavy atom. The molecule has 0 amide bonds. The van der Waals surface area contributed by atoms with Crippen molar-refractivity contribution in [3.8, 4) is 0 Å². The lowest BCUT2D eigenvalue weighted by atomic mass is 9.96. The quantitative estimate of drug-likeness (QED) is 0.891. The number of nitrogens with zero attached hydrogens (tertiary/aromatic N) is 2. The zero-order chi connectivity index (χ0) is 13.9. The van der Waals surface area contributed by atoms with Crippen LogP contribution in [0, 0.1) is 0 Å². The Hall–Kier alpha value is -0.900. The molecule has 20 heavy (non-hydrogen) atoms. The number of hydrogen-bond donors (Lipinski definition) is 1. The molecular formula is C17H27N3. The first-order chi connectivity index (χ1) is 9.78. The van der Waals surface area contributed by atoms with Gasteiger partial charge in [-0.05, 0) is 38.3 Å². The van der Waals surface area contributed by atoms with Crippen molar-refractivity contribution in [2.75, 3.05) is 20.1 Å². The van der Waals surface area contributed by atoms with Crippen molar-refractivity contribution in [3.63, 3.8) is 0 Å². The average molecular weight is 273 g/mol. The molecule has 0 saturated carbocycles. The summed E-state index contributed by atoms with van der Waals surface area (Å²) in [6, 6.07) is 13.1. The number of fused-ring (bicyclic) bond motifs is 2. The van der Waals surface area contributed by atoms with Crippen molar-refractivity contribution in [1.29, 1.82) is 0 Å². The van der Waals surface area contributed by atoms with E-state index in [1.807, 2.05) is 0 Å². The van der Waals surface area contributed by atoms with E-state index in [1.165, 1.54) is 31.2 Å². The summed E-state index contributed by atoms with van der Waals surface area (Å²) in [4.78, 5) is 5.23. The number of nitrogens with two attached hydrogens (primary N) is 1. The van der Waals surface area contributed by atoms with E-state index in [1.54, 1.807) is 0 Å². The van der Waals surface area contributed by atoms with Gasteiger partial charge in [-0.3, -0.25) is 4.90 Å². The maximum atomic E-state index is 5.85. The molecule has 2 bridgehead atoms. The van der Waals surface area contributed by atoms with Gasteiger partial charge >= 0.3 is 0 Å². The van der Waals surface area contributed by atoms with Crippen LogP contribution in [0.1, 0.15) is 31.2 Å². The Morgan fingerprint density at radius 3 is 2.40 bits per heavy atom. The highest BCUT2D eigenvalue weighted by Gasteiger charge is 2.40. The van der Waals surface area contributed by atoms with Crippen molar-refractivity contribution in [2.45, 2.75) is 50.4 Å². The van der Waals surface area contributed by atoms with Crippen molar-refractivity contribution in [2.24, 2.45) is 5.73 Å². The molecule has 0 spiro atoms. The minimum Gasteiger partial charge on any atom is -0.329 e. The Balaban J connectivity index is 1.68. The minimum absolute atomic E-state index is 0.715. The number of hydrogen-bond acceptors (Lipinski definition) is 3. The van der Waals surface area contributed by atoms with Crippen LogP contribution in [-0.2, 0) is 6.54 Å². The lowest BCUT2D eigenvalue weighted by Crippen LogP contribution is -2.49. The molecule has 2 aliphatic rings. The van der Waals surface area contributed by atoms with Crippen molar-refractivity contribution in [3.05, 3.63) is 35.9 Å². The van der Waals surface area contributed by atoms with E-state index in [0.717, 1.165) is 31.7 Å². The van der Waals surface area contributed by atoms with E-state index in [9.17, 15) is 0 Å². The van der Waals surface area contributed by atoms with E-state index in [0.29, 0.717) is 6.04 Å². The van der Waals surface area contributed by atoms with Crippen LogP contribution < -0.4 is 5.73 Å². The SMILES string of the molecule is CN1C2CCC1CC(N(CCN)Cc1ccccc1)C2. The highest BCUT2D eigenvalue weighted by molar-refractivity contribution is 5.15. The second kappa shape index (κ2) is 6.25. The summed E-state index contributed by atoms with van der Waals surface area (Å²) in [5.74, 6) is 0. The van der Waals surface area contributed by atoms with Crippen LogP contribution in [-0.4, -0.2) is 48.1 Å². The third kappa shape index (κ3) is 2.90. The molecule has 2 N–H and O–H groups in total. The molecule has 2 saturated heterocycles. The van der Waals surface area contributed by atoms with Crippen LogP contribution in [0.2, 0.25) is 0 Å². The standard InChI is InChI=1S/C17H27N3/c1-19-15-7-8-16(19)12-17(11-15)20(10-9-18)13-14-5-3-2-4-6-14/h2-6,15-17H,7-13,18H2,1H3. The molecule has 3 rings (SSSR count). The van der Waals surface area contributed by atoms with Crippen LogP contribution in [0.3, 0.4) is 0 Å². The van der Waals surface area contributed by atoms with Gasteiger partial charge in [0.15, 0.2) is 0 Å². The summed E-state index contributed by atoms with van der Waals surface area (Å²) in [7, 11) is 2.31. The van der Waals surface area contributed by atoms with Crippen LogP contribution >= 0.6 is 0 Å². The molecule has 1 aromatic carbocycles. The molecule has 2 aliphatic heterocycles. The van der Waals surface area contributed by atoms with Crippen LogP contribution in [0.15, 0.2) is 30.3 Å². The molecule has 3 heteroatoms. The molecular weight excluding hydrogens is 246 g/mol. The zero-order valence-corrected chi connectivity index (χ0v) is 12.5. The zero-order valence-electron chi connectivity index (χ0n) is 12.5. The van der Waals surface area contributed by atoms with Gasteiger partial charge in [-0.2, -0.15) is 0 Å². The minimum atomic E-state index is 0.715. The van der Waals surface area contributed by atoms with Gasteiger partial charge in [0.1, 0.15) is 0 Å². The molecule has 0 aromatic heterocycles. The molecule has 1 aromatic rings. The molecule has 2 fully saturated rings. The topological polar surface area (TPSA) is 32.5 Å². The van der Waals surface area contributed by atoms with Crippen LogP contribution in [0.4, 0.5) is 0 Å². The number of piperidine rings is 1. The van der Waals surface area contributed by atoms with E-state index >= 15 is 0 Å². The first-order valence-electron chi connectivity index (χ1n) is 7.98. The van der Waals surface area contributed by atoms with Gasteiger partial charge in [0.25, 0.3) is 0 Å². The number of rotatable bonds is 5. The highest BCUT2D eigenvalue weighted by atomic mass is 15.2. The third-order valence-corrected chi connectivity index (χ3v) is 5.23. The second-order valence-electron chi connectivity index (χ2n) is 6.42. The van der Waals surface area contributed by atoms with Crippen molar-refractivity contribution < 1.29 is 0 Å². The van der Waals surface area contributed by atoms with Gasteiger partial charge in [-0.25, -0.2) is 0 Å². The average Bonchev–Trinajstić information content (AvgIpc) is 2.69. The maximum absolute atomic E-state index is 5.85. The molecule has 2 heterocycles. The first-order valence-corrected chi connectivity index (χ1v) is 7.98. The highest BCUT2D eigenvalue weighted by Crippen LogP contribution is 2.36. The maximum Gasteiger partial charge on any atom is 0.0237 e. The van der Waals surface area contributed by atoms with Crippen molar-refractivity contribution >= 4 is 0 Å². The predicted molar refractivity (Wildman–Crippen MR) is 83.5 cm³/mol. The van der Waals surface area contributed by atoms with E-state index < -0.39 is 0 Å². The molecule has 3 nitrogen and oxygen atoms in total. The van der Waals surface area contributed by atoms with Crippen LogP contribution in [0.25, 0.3) is 0 Å². The monoisotopic (exact) mass is 273 g/mol. The fourth-order valence-corrected chi connectivity index (χ4v) is 4.06. The van der Waals surface area contributed by atoms with Crippen LogP contribution in [0.5, 0.6) is 0 Å². The Bertz CT molecular complexity index is 406. The number of benzene rings is 1. The lowest BCUT2D eigenvalue weighted by molar-refractivity contribution is 0.0726. The van der Waals surface area contributed by atoms with Gasteiger partial charge in [-0.15, -0.1) is 0 Å².